The molecule has 0 unspecified atom stereocenters. The van der Waals surface area contributed by atoms with Gasteiger partial charge in [0.25, 0.3) is 0 Å². The van der Waals surface area contributed by atoms with Crippen molar-refractivity contribution in [3.8, 4) is 11.1 Å². The van der Waals surface area contributed by atoms with Gasteiger partial charge in [-0.15, -0.1) is 0 Å². The van der Waals surface area contributed by atoms with Crippen LogP contribution in [0.2, 0.25) is 0 Å². The molecule has 6 heteroatoms. The Morgan fingerprint density at radius 1 is 1.08 bits per heavy atom. The molecule has 2 aromatic rings. The number of aliphatic imine (C=N–C) groups is 1. The van der Waals surface area contributed by atoms with Crippen molar-refractivity contribution in [3.05, 3.63) is 60.4 Å². The Bertz CT molecular complexity index is 773. The summed E-state index contributed by atoms with van der Waals surface area (Å²) in [5.41, 5.74) is 4.96. The lowest BCUT2D eigenvalue weighted by atomic mass is 10.1. The number of rotatable bonds is 3. The zero-order chi connectivity index (χ0) is 17.5. The fourth-order valence-corrected chi connectivity index (χ4v) is 2.34. The molecule has 0 fully saturated rings. The average molecular weight is 326 g/mol. The molecule has 0 spiro atoms. The molecule has 0 bridgehead atoms. The Morgan fingerprint density at radius 2 is 1.71 bits per heavy atom. The number of aromatic nitrogens is 1. The molecule has 0 atom stereocenters. The van der Waals surface area contributed by atoms with Crippen LogP contribution in [0.4, 0.5) is 0 Å². The number of carboxylic acids is 2. The number of benzene rings is 1. The number of carboxylic acid groups (broad SMARTS) is 2. The normalized spacial score (nSPS) is 12.8. The molecule has 0 radical (unpaired) electrons. The first-order valence-electron chi connectivity index (χ1n) is 7.38. The summed E-state index contributed by atoms with van der Waals surface area (Å²) in [6.45, 7) is 3.99. The lowest BCUT2D eigenvalue weighted by molar-refractivity contribution is -0.134. The molecule has 1 aromatic carbocycles. The van der Waals surface area contributed by atoms with Crippen molar-refractivity contribution in [1.82, 2.24) is 4.57 Å². The standard InChI is InChI=1S/C14H14N2.C4H4O4/c1-11-14-9-13(10-16(14)8-7-15-11)12-5-3-2-4-6-12;5-3(6)1-2-4(7)8/h2-6,9-10H,7-8H2,1H3;1-2H,(H,5,6)(H,7,8). The topological polar surface area (TPSA) is 91.9 Å². The fourth-order valence-electron chi connectivity index (χ4n) is 2.34. The molecule has 124 valence electrons. The molecule has 0 aliphatic carbocycles. The Kier molecular flexibility index (Phi) is 5.68. The van der Waals surface area contributed by atoms with Gasteiger partial charge in [-0.3, -0.25) is 4.99 Å². The van der Waals surface area contributed by atoms with Gasteiger partial charge in [0.2, 0.25) is 0 Å². The Hall–Kier alpha value is -3.15. The highest BCUT2D eigenvalue weighted by Crippen LogP contribution is 2.23. The smallest absolute Gasteiger partial charge is 0.328 e. The Labute approximate surface area is 139 Å². The number of carbonyl (C=O) groups is 2. The highest BCUT2D eigenvalue weighted by Gasteiger charge is 2.12. The van der Waals surface area contributed by atoms with Crippen LogP contribution in [0.25, 0.3) is 11.1 Å². The van der Waals surface area contributed by atoms with E-state index in [1.165, 1.54) is 16.8 Å². The van der Waals surface area contributed by atoms with E-state index in [0.29, 0.717) is 12.2 Å². The van der Waals surface area contributed by atoms with E-state index in [1.807, 2.05) is 6.07 Å². The first-order valence-corrected chi connectivity index (χ1v) is 7.38. The van der Waals surface area contributed by atoms with Crippen LogP contribution < -0.4 is 0 Å². The van der Waals surface area contributed by atoms with E-state index in [0.717, 1.165) is 18.8 Å². The predicted octanol–water partition coefficient (Wildman–Crippen LogP) is 2.69. The molecule has 0 saturated carbocycles. The summed E-state index contributed by atoms with van der Waals surface area (Å²) in [5, 5.41) is 15.6. The molecule has 24 heavy (non-hydrogen) atoms. The van der Waals surface area contributed by atoms with E-state index in [4.69, 9.17) is 10.2 Å². The molecule has 1 aliphatic heterocycles. The molecule has 0 amide bonds. The number of hydrogen-bond donors (Lipinski definition) is 2. The highest BCUT2D eigenvalue weighted by molar-refractivity contribution is 5.99. The average Bonchev–Trinajstić information content (AvgIpc) is 3.00. The van der Waals surface area contributed by atoms with Gasteiger partial charge in [-0.2, -0.15) is 0 Å². The monoisotopic (exact) mass is 326 g/mol. The van der Waals surface area contributed by atoms with Crippen molar-refractivity contribution in [3.63, 3.8) is 0 Å². The summed E-state index contributed by atoms with van der Waals surface area (Å²) in [4.78, 5) is 23.6. The Balaban J connectivity index is 0.000000224. The largest absolute Gasteiger partial charge is 0.478 e. The molecule has 2 heterocycles. The first-order chi connectivity index (χ1) is 11.5. The van der Waals surface area contributed by atoms with Gasteiger partial charge in [0.15, 0.2) is 0 Å². The third-order valence-corrected chi connectivity index (χ3v) is 3.43. The van der Waals surface area contributed by atoms with E-state index in [-0.39, 0.29) is 0 Å². The molecule has 6 nitrogen and oxygen atoms in total. The number of aliphatic carboxylic acids is 2. The van der Waals surface area contributed by atoms with Crippen LogP contribution in [0.5, 0.6) is 0 Å². The molecule has 0 saturated heterocycles. The van der Waals surface area contributed by atoms with Gasteiger partial charge in [-0.1, -0.05) is 30.3 Å². The number of hydrogen-bond acceptors (Lipinski definition) is 3. The van der Waals surface area contributed by atoms with E-state index in [9.17, 15) is 9.59 Å². The SMILES string of the molecule is CC1=NCCn2cc(-c3ccccc3)cc21.O=C(O)C=CC(=O)O. The van der Waals surface area contributed by atoms with Crippen molar-refractivity contribution in [2.45, 2.75) is 13.5 Å². The minimum Gasteiger partial charge on any atom is -0.478 e. The van der Waals surface area contributed by atoms with Gasteiger partial charge < -0.3 is 14.8 Å². The maximum absolute atomic E-state index is 9.55. The van der Waals surface area contributed by atoms with E-state index in [1.54, 1.807) is 0 Å². The van der Waals surface area contributed by atoms with Crippen molar-refractivity contribution in [2.75, 3.05) is 6.54 Å². The van der Waals surface area contributed by atoms with Crippen molar-refractivity contribution in [1.29, 1.82) is 0 Å². The van der Waals surface area contributed by atoms with Crippen molar-refractivity contribution in [2.24, 2.45) is 4.99 Å². The van der Waals surface area contributed by atoms with Gasteiger partial charge >= 0.3 is 11.9 Å². The second-order valence-corrected chi connectivity index (χ2v) is 5.15. The van der Waals surface area contributed by atoms with Crippen molar-refractivity contribution < 1.29 is 19.8 Å². The van der Waals surface area contributed by atoms with Crippen LogP contribution in [0.15, 0.2) is 59.7 Å². The summed E-state index contributed by atoms with van der Waals surface area (Å²) in [5.74, 6) is -2.51. The molecule has 1 aromatic heterocycles. The molecule has 3 rings (SSSR count). The van der Waals surface area contributed by atoms with Crippen LogP contribution >= 0.6 is 0 Å². The van der Waals surface area contributed by atoms with Crippen LogP contribution in [0, 0.1) is 0 Å². The van der Waals surface area contributed by atoms with Crippen LogP contribution in [-0.4, -0.2) is 39.0 Å². The van der Waals surface area contributed by atoms with E-state index < -0.39 is 11.9 Å². The van der Waals surface area contributed by atoms with Gasteiger partial charge in [-0.05, 0) is 18.6 Å². The molecular weight excluding hydrogens is 308 g/mol. The summed E-state index contributed by atoms with van der Waals surface area (Å²) in [7, 11) is 0. The van der Waals surface area contributed by atoms with E-state index >= 15 is 0 Å². The third kappa shape index (κ3) is 4.67. The summed E-state index contributed by atoms with van der Waals surface area (Å²) < 4.78 is 2.30. The second-order valence-electron chi connectivity index (χ2n) is 5.15. The van der Waals surface area contributed by atoms with Crippen LogP contribution in [0.3, 0.4) is 0 Å². The maximum atomic E-state index is 9.55. The third-order valence-electron chi connectivity index (χ3n) is 3.43. The Morgan fingerprint density at radius 3 is 2.25 bits per heavy atom. The first kappa shape index (κ1) is 17.2. The molecule has 2 N–H and O–H groups in total. The summed E-state index contributed by atoms with van der Waals surface area (Å²) in [6, 6.07) is 12.7. The van der Waals surface area contributed by atoms with Gasteiger partial charge in [0.1, 0.15) is 0 Å². The van der Waals surface area contributed by atoms with Gasteiger partial charge in [0.05, 0.1) is 18.0 Å². The number of nitrogens with zero attached hydrogens (tertiary/aromatic N) is 2. The molecule has 1 aliphatic rings. The summed E-state index contributed by atoms with van der Waals surface area (Å²) >= 11 is 0. The van der Waals surface area contributed by atoms with Gasteiger partial charge in [-0.25, -0.2) is 9.59 Å². The lowest BCUT2D eigenvalue weighted by Crippen LogP contribution is -2.14. The minimum atomic E-state index is -1.26. The van der Waals surface area contributed by atoms with E-state index in [2.05, 4.69) is 53.0 Å². The zero-order valence-corrected chi connectivity index (χ0v) is 13.2. The lowest BCUT2D eigenvalue weighted by Gasteiger charge is -2.12. The van der Waals surface area contributed by atoms with Crippen LogP contribution in [0.1, 0.15) is 12.6 Å². The number of fused-ring (bicyclic) bond motifs is 1. The highest BCUT2D eigenvalue weighted by atomic mass is 16.4. The molecular formula is C18H18N2O4. The fraction of sp³-hybridized carbons (Fsp3) is 0.167. The summed E-state index contributed by atoms with van der Waals surface area (Å²) in [6.07, 6.45) is 3.34. The van der Waals surface area contributed by atoms with Crippen LogP contribution in [-0.2, 0) is 16.1 Å². The van der Waals surface area contributed by atoms with Gasteiger partial charge in [0, 0.05) is 30.5 Å². The quantitative estimate of drug-likeness (QED) is 0.848. The minimum absolute atomic E-state index is 0.558. The van der Waals surface area contributed by atoms with Crippen molar-refractivity contribution >= 4 is 17.7 Å². The second kappa shape index (κ2) is 7.92. The zero-order valence-electron chi connectivity index (χ0n) is 13.2. The predicted molar refractivity (Wildman–Crippen MR) is 91.4 cm³/mol. The maximum Gasteiger partial charge on any atom is 0.328 e.